The number of aromatic amines is 1. The zero-order valence-corrected chi connectivity index (χ0v) is 10.8. The van der Waals surface area contributed by atoms with E-state index >= 15 is 0 Å². The van der Waals surface area contributed by atoms with E-state index in [9.17, 15) is 5.11 Å². The first-order valence-electron chi connectivity index (χ1n) is 6.31. The molecule has 1 aromatic heterocycles. The number of nitrogens with one attached hydrogen (secondary N) is 1. The molecule has 4 nitrogen and oxygen atoms in total. The van der Waals surface area contributed by atoms with Gasteiger partial charge in [0.2, 0.25) is 0 Å². The van der Waals surface area contributed by atoms with Gasteiger partial charge in [-0.3, -0.25) is 0 Å². The molecular weight excluding hydrogens is 252 g/mol. The van der Waals surface area contributed by atoms with Crippen molar-refractivity contribution in [3.05, 3.63) is 66.6 Å². The van der Waals surface area contributed by atoms with Crippen molar-refractivity contribution in [1.29, 1.82) is 0 Å². The van der Waals surface area contributed by atoms with Gasteiger partial charge in [-0.15, -0.1) is 0 Å². The minimum absolute atomic E-state index is 0.166. The van der Waals surface area contributed by atoms with Crippen LogP contribution in [0.3, 0.4) is 0 Å². The molecule has 0 spiro atoms. The molecule has 0 unspecified atom stereocenters. The Balaban J connectivity index is 1.74. The Kier molecular flexibility index (Phi) is 3.37. The topological polar surface area (TPSA) is 58.1 Å². The molecule has 20 heavy (non-hydrogen) atoms. The monoisotopic (exact) mass is 266 g/mol. The number of aromatic hydroxyl groups is 1. The van der Waals surface area contributed by atoms with E-state index in [0.29, 0.717) is 17.9 Å². The molecule has 0 aliphatic carbocycles. The van der Waals surface area contributed by atoms with E-state index in [-0.39, 0.29) is 5.75 Å². The highest BCUT2D eigenvalue weighted by Gasteiger charge is 2.07. The number of aromatic nitrogens is 2. The van der Waals surface area contributed by atoms with Crippen molar-refractivity contribution < 1.29 is 9.84 Å². The Morgan fingerprint density at radius 2 is 1.95 bits per heavy atom. The largest absolute Gasteiger partial charge is 0.507 e. The molecule has 2 aromatic carbocycles. The third kappa shape index (κ3) is 2.64. The molecule has 0 saturated heterocycles. The number of benzene rings is 2. The second-order valence-electron chi connectivity index (χ2n) is 4.42. The van der Waals surface area contributed by atoms with Crippen molar-refractivity contribution in [1.82, 2.24) is 9.97 Å². The van der Waals surface area contributed by atoms with Crippen molar-refractivity contribution in [3.63, 3.8) is 0 Å². The van der Waals surface area contributed by atoms with Gasteiger partial charge in [0.1, 0.15) is 18.1 Å². The molecule has 0 radical (unpaired) electrons. The molecule has 3 rings (SSSR count). The number of hydrogen-bond acceptors (Lipinski definition) is 3. The van der Waals surface area contributed by atoms with Crippen LogP contribution >= 0.6 is 0 Å². The van der Waals surface area contributed by atoms with Crippen molar-refractivity contribution in [3.8, 4) is 22.8 Å². The predicted octanol–water partition coefficient (Wildman–Crippen LogP) is 3.36. The average molecular weight is 266 g/mol. The number of imidazole rings is 1. The van der Waals surface area contributed by atoms with Crippen molar-refractivity contribution in [2.45, 2.75) is 6.61 Å². The molecular formula is C16H14N2O2. The third-order valence-electron chi connectivity index (χ3n) is 3.01. The van der Waals surface area contributed by atoms with Crippen LogP contribution in [0.1, 0.15) is 5.56 Å². The van der Waals surface area contributed by atoms with Gasteiger partial charge in [0.05, 0.1) is 18.2 Å². The molecule has 4 heteroatoms. The van der Waals surface area contributed by atoms with Crippen LogP contribution in [-0.2, 0) is 6.61 Å². The summed E-state index contributed by atoms with van der Waals surface area (Å²) >= 11 is 0. The number of hydrogen-bond donors (Lipinski definition) is 2. The quantitative estimate of drug-likeness (QED) is 0.761. The van der Waals surface area contributed by atoms with E-state index in [1.165, 1.54) is 0 Å². The first kappa shape index (κ1) is 12.3. The molecule has 0 bridgehead atoms. The zero-order chi connectivity index (χ0) is 13.8. The smallest absolute Gasteiger partial charge is 0.128 e. The van der Waals surface area contributed by atoms with Crippen molar-refractivity contribution in [2.24, 2.45) is 0 Å². The summed E-state index contributed by atoms with van der Waals surface area (Å²) in [4.78, 5) is 6.90. The van der Waals surface area contributed by atoms with E-state index in [2.05, 4.69) is 9.97 Å². The lowest BCUT2D eigenvalue weighted by atomic mass is 10.1. The molecule has 0 aliphatic rings. The van der Waals surface area contributed by atoms with Gasteiger partial charge in [-0.2, -0.15) is 0 Å². The highest BCUT2D eigenvalue weighted by atomic mass is 16.5. The SMILES string of the molecule is Oc1cc(OCc2ccccc2)ccc1-c1cnc[nH]1. The Bertz CT molecular complexity index is 679. The highest BCUT2D eigenvalue weighted by Crippen LogP contribution is 2.31. The summed E-state index contributed by atoms with van der Waals surface area (Å²) in [7, 11) is 0. The van der Waals surface area contributed by atoms with Gasteiger partial charge >= 0.3 is 0 Å². The van der Waals surface area contributed by atoms with Crippen LogP contribution in [0.5, 0.6) is 11.5 Å². The maximum atomic E-state index is 10.0. The van der Waals surface area contributed by atoms with E-state index in [0.717, 1.165) is 11.3 Å². The highest BCUT2D eigenvalue weighted by molar-refractivity contribution is 5.67. The number of phenolic OH excluding ortho intramolecular Hbond substituents is 1. The Labute approximate surface area is 116 Å². The zero-order valence-electron chi connectivity index (χ0n) is 10.8. The van der Waals surface area contributed by atoms with Crippen molar-refractivity contribution >= 4 is 0 Å². The fourth-order valence-electron chi connectivity index (χ4n) is 1.97. The minimum Gasteiger partial charge on any atom is -0.507 e. The number of rotatable bonds is 4. The number of H-pyrrole nitrogens is 1. The van der Waals surface area contributed by atoms with Gasteiger partial charge in [0.25, 0.3) is 0 Å². The lowest BCUT2D eigenvalue weighted by molar-refractivity contribution is 0.304. The summed E-state index contributed by atoms with van der Waals surface area (Å²) in [6, 6.07) is 15.2. The second-order valence-corrected chi connectivity index (χ2v) is 4.42. The van der Waals surface area contributed by atoms with E-state index < -0.39 is 0 Å². The van der Waals surface area contributed by atoms with Gasteiger partial charge in [0, 0.05) is 11.6 Å². The van der Waals surface area contributed by atoms with Gasteiger partial charge in [-0.05, 0) is 17.7 Å². The van der Waals surface area contributed by atoms with Crippen LogP contribution in [0.4, 0.5) is 0 Å². The van der Waals surface area contributed by atoms with E-state index in [4.69, 9.17) is 4.74 Å². The first-order valence-corrected chi connectivity index (χ1v) is 6.31. The van der Waals surface area contributed by atoms with E-state index in [1.54, 1.807) is 18.6 Å². The standard InChI is InChI=1S/C16H14N2O2/c19-16-8-13(20-10-12-4-2-1-3-5-12)6-7-14(16)15-9-17-11-18-15/h1-9,11,19H,10H2,(H,17,18). The molecule has 0 amide bonds. The second kappa shape index (κ2) is 5.48. The summed E-state index contributed by atoms with van der Waals surface area (Å²) in [5.74, 6) is 0.800. The molecule has 1 heterocycles. The average Bonchev–Trinajstić information content (AvgIpc) is 3.00. The summed E-state index contributed by atoms with van der Waals surface area (Å²) in [5.41, 5.74) is 2.57. The summed E-state index contributed by atoms with van der Waals surface area (Å²) < 4.78 is 5.66. The van der Waals surface area contributed by atoms with Crippen LogP contribution in [0.2, 0.25) is 0 Å². The maximum absolute atomic E-state index is 10.0. The van der Waals surface area contributed by atoms with E-state index in [1.807, 2.05) is 42.5 Å². The summed E-state index contributed by atoms with van der Waals surface area (Å²) in [6.45, 7) is 0.476. The normalized spacial score (nSPS) is 10.4. The van der Waals surface area contributed by atoms with Crippen LogP contribution in [0.25, 0.3) is 11.3 Å². The fraction of sp³-hybridized carbons (Fsp3) is 0.0625. The van der Waals surface area contributed by atoms with Crippen LogP contribution in [0, 0.1) is 0 Å². The van der Waals surface area contributed by atoms with Gasteiger partial charge in [-0.1, -0.05) is 30.3 Å². The summed E-state index contributed by atoms with van der Waals surface area (Å²) in [5, 5.41) is 10.0. The minimum atomic E-state index is 0.166. The molecule has 3 aromatic rings. The van der Waals surface area contributed by atoms with Crippen LogP contribution in [-0.4, -0.2) is 15.1 Å². The maximum Gasteiger partial charge on any atom is 0.128 e. The Morgan fingerprint density at radius 1 is 1.10 bits per heavy atom. The summed E-state index contributed by atoms with van der Waals surface area (Å²) in [6.07, 6.45) is 3.24. The molecule has 0 atom stereocenters. The first-order chi connectivity index (χ1) is 9.83. The predicted molar refractivity (Wildman–Crippen MR) is 76.5 cm³/mol. The van der Waals surface area contributed by atoms with Gasteiger partial charge < -0.3 is 14.8 Å². The molecule has 0 saturated carbocycles. The molecule has 100 valence electrons. The Hall–Kier alpha value is -2.75. The Morgan fingerprint density at radius 3 is 2.65 bits per heavy atom. The van der Waals surface area contributed by atoms with Gasteiger partial charge in [-0.25, -0.2) is 4.98 Å². The lowest BCUT2D eigenvalue weighted by Gasteiger charge is -2.08. The van der Waals surface area contributed by atoms with Gasteiger partial charge in [0.15, 0.2) is 0 Å². The molecule has 0 aliphatic heterocycles. The lowest BCUT2D eigenvalue weighted by Crippen LogP contribution is -1.95. The molecule has 0 fully saturated rings. The fourth-order valence-corrected chi connectivity index (χ4v) is 1.97. The van der Waals surface area contributed by atoms with Crippen LogP contribution in [0.15, 0.2) is 61.1 Å². The third-order valence-corrected chi connectivity index (χ3v) is 3.01. The number of phenols is 1. The van der Waals surface area contributed by atoms with Crippen LogP contribution < -0.4 is 4.74 Å². The number of ether oxygens (including phenoxy) is 1. The van der Waals surface area contributed by atoms with Crippen molar-refractivity contribution in [2.75, 3.05) is 0 Å². The number of nitrogens with zero attached hydrogens (tertiary/aromatic N) is 1. The molecule has 2 N–H and O–H groups in total.